The second-order valence-electron chi connectivity index (χ2n) is 4.89. The van der Waals surface area contributed by atoms with Crippen molar-refractivity contribution in [2.45, 2.75) is 62.7 Å². The van der Waals surface area contributed by atoms with E-state index in [4.69, 9.17) is 5.73 Å². The molecular formula is C11H21FN2. The predicted octanol–water partition coefficient (Wildman–Crippen LogP) is 1.74. The summed E-state index contributed by atoms with van der Waals surface area (Å²) in [6.07, 6.45) is 6.66. The Morgan fingerprint density at radius 3 is 2.79 bits per heavy atom. The zero-order chi connectivity index (χ0) is 10.0. The summed E-state index contributed by atoms with van der Waals surface area (Å²) < 4.78 is 14.5. The largest absolute Gasteiger partial charge is 0.328 e. The lowest BCUT2D eigenvalue weighted by atomic mass is 9.91. The third kappa shape index (κ3) is 2.09. The summed E-state index contributed by atoms with van der Waals surface area (Å²) in [5, 5.41) is 3.35. The highest BCUT2D eigenvalue weighted by Gasteiger charge is 2.44. The second-order valence-corrected chi connectivity index (χ2v) is 4.89. The molecule has 0 spiro atoms. The summed E-state index contributed by atoms with van der Waals surface area (Å²) in [5.41, 5.74) is 4.78. The van der Waals surface area contributed by atoms with Crippen LogP contribution in [0.3, 0.4) is 0 Å². The fourth-order valence-corrected chi connectivity index (χ4v) is 2.85. The van der Waals surface area contributed by atoms with Gasteiger partial charge >= 0.3 is 0 Å². The predicted molar refractivity (Wildman–Crippen MR) is 55.9 cm³/mol. The molecule has 0 aromatic carbocycles. The van der Waals surface area contributed by atoms with E-state index in [-0.39, 0.29) is 12.1 Å². The maximum Gasteiger partial charge on any atom is 0.127 e. The molecule has 14 heavy (non-hydrogen) atoms. The van der Waals surface area contributed by atoms with Gasteiger partial charge in [0.1, 0.15) is 5.67 Å². The molecule has 1 heterocycles. The third-order valence-corrected chi connectivity index (χ3v) is 3.72. The lowest BCUT2D eigenvalue weighted by Gasteiger charge is -2.30. The molecule has 0 amide bonds. The van der Waals surface area contributed by atoms with Crippen LogP contribution in [0.4, 0.5) is 4.39 Å². The van der Waals surface area contributed by atoms with E-state index in [9.17, 15) is 4.39 Å². The summed E-state index contributed by atoms with van der Waals surface area (Å²) in [4.78, 5) is 0. The average molecular weight is 200 g/mol. The fraction of sp³-hybridized carbons (Fsp3) is 1.00. The van der Waals surface area contributed by atoms with Crippen LogP contribution >= 0.6 is 0 Å². The number of nitrogens with two attached hydrogens (primary N) is 1. The van der Waals surface area contributed by atoms with Crippen molar-refractivity contribution in [1.29, 1.82) is 0 Å². The van der Waals surface area contributed by atoms with Crippen molar-refractivity contribution in [1.82, 2.24) is 5.32 Å². The first-order valence-electron chi connectivity index (χ1n) is 5.89. The normalized spacial score (nSPS) is 45.0. The zero-order valence-electron chi connectivity index (χ0n) is 8.77. The molecule has 3 N–H and O–H groups in total. The lowest BCUT2D eigenvalue weighted by molar-refractivity contribution is 0.108. The molecule has 2 nitrogen and oxygen atoms in total. The van der Waals surface area contributed by atoms with E-state index in [0.717, 1.165) is 19.4 Å². The molecule has 1 aliphatic carbocycles. The maximum atomic E-state index is 14.5. The lowest BCUT2D eigenvalue weighted by Crippen LogP contribution is -2.46. The van der Waals surface area contributed by atoms with Crippen molar-refractivity contribution in [3.05, 3.63) is 0 Å². The molecule has 2 aliphatic rings. The van der Waals surface area contributed by atoms with Gasteiger partial charge in [-0.05, 0) is 38.6 Å². The summed E-state index contributed by atoms with van der Waals surface area (Å²) in [6, 6.07) is 0.156. The van der Waals surface area contributed by atoms with Crippen LogP contribution in [-0.2, 0) is 0 Å². The smallest absolute Gasteiger partial charge is 0.127 e. The summed E-state index contributed by atoms with van der Waals surface area (Å²) >= 11 is 0. The highest BCUT2D eigenvalue weighted by atomic mass is 19.1. The van der Waals surface area contributed by atoms with Crippen LogP contribution in [0.25, 0.3) is 0 Å². The molecule has 3 unspecified atom stereocenters. The topological polar surface area (TPSA) is 38.0 Å². The van der Waals surface area contributed by atoms with Crippen molar-refractivity contribution in [3.63, 3.8) is 0 Å². The van der Waals surface area contributed by atoms with Crippen LogP contribution in [0.5, 0.6) is 0 Å². The van der Waals surface area contributed by atoms with E-state index in [1.807, 2.05) is 0 Å². The van der Waals surface area contributed by atoms with Crippen molar-refractivity contribution >= 4 is 0 Å². The molecule has 1 aliphatic heterocycles. The van der Waals surface area contributed by atoms with E-state index >= 15 is 0 Å². The van der Waals surface area contributed by atoms with Gasteiger partial charge in [0.05, 0.1) is 0 Å². The Hall–Kier alpha value is -0.150. The highest BCUT2D eigenvalue weighted by Crippen LogP contribution is 2.38. The van der Waals surface area contributed by atoms with Crippen LogP contribution in [0.15, 0.2) is 0 Å². The van der Waals surface area contributed by atoms with Gasteiger partial charge in [0.2, 0.25) is 0 Å². The van der Waals surface area contributed by atoms with Gasteiger partial charge in [-0.2, -0.15) is 0 Å². The third-order valence-electron chi connectivity index (χ3n) is 3.72. The van der Waals surface area contributed by atoms with Crippen molar-refractivity contribution in [2.24, 2.45) is 5.73 Å². The first kappa shape index (κ1) is 10.4. The molecule has 82 valence electrons. The van der Waals surface area contributed by atoms with Crippen LogP contribution in [0.1, 0.15) is 44.9 Å². The zero-order valence-corrected chi connectivity index (χ0v) is 8.77. The second kappa shape index (κ2) is 4.15. The number of hydrogen-bond acceptors (Lipinski definition) is 2. The minimum Gasteiger partial charge on any atom is -0.328 e. The van der Waals surface area contributed by atoms with Crippen LogP contribution in [0, 0.1) is 0 Å². The van der Waals surface area contributed by atoms with Gasteiger partial charge in [0.15, 0.2) is 0 Å². The van der Waals surface area contributed by atoms with E-state index in [1.54, 1.807) is 0 Å². The molecule has 1 saturated heterocycles. The van der Waals surface area contributed by atoms with E-state index in [1.165, 1.54) is 19.3 Å². The van der Waals surface area contributed by atoms with Gasteiger partial charge < -0.3 is 11.1 Å². The van der Waals surface area contributed by atoms with Gasteiger partial charge in [-0.25, -0.2) is 4.39 Å². The van der Waals surface area contributed by atoms with Gasteiger partial charge in [0, 0.05) is 12.1 Å². The molecule has 0 aromatic rings. The average Bonchev–Trinajstić information content (AvgIpc) is 2.45. The first-order valence-corrected chi connectivity index (χ1v) is 5.89. The minimum atomic E-state index is -1.01. The van der Waals surface area contributed by atoms with Crippen LogP contribution in [0.2, 0.25) is 0 Å². The molecular weight excluding hydrogens is 179 g/mol. The Bertz CT molecular complexity index is 190. The molecule has 3 heteroatoms. The van der Waals surface area contributed by atoms with E-state index < -0.39 is 5.67 Å². The number of hydrogen-bond donors (Lipinski definition) is 2. The molecule has 2 fully saturated rings. The monoisotopic (exact) mass is 200 g/mol. The maximum absolute atomic E-state index is 14.5. The summed E-state index contributed by atoms with van der Waals surface area (Å²) in [7, 11) is 0. The molecule has 3 atom stereocenters. The van der Waals surface area contributed by atoms with Gasteiger partial charge in [-0.3, -0.25) is 0 Å². The standard InChI is InChI=1S/C11H21FN2/c12-11(6-5-9(13)8-11)10-4-2-1-3-7-14-10/h9-10,14H,1-8,13H2. The van der Waals surface area contributed by atoms with Gasteiger partial charge in [-0.15, -0.1) is 0 Å². The Balaban J connectivity index is 1.97. The van der Waals surface area contributed by atoms with Crippen LogP contribution < -0.4 is 11.1 Å². The Morgan fingerprint density at radius 1 is 1.21 bits per heavy atom. The SMILES string of the molecule is NC1CCC(F)(C2CCCCCN2)C1. The van der Waals surface area contributed by atoms with Crippen molar-refractivity contribution in [2.75, 3.05) is 6.54 Å². The first-order chi connectivity index (χ1) is 6.71. The van der Waals surface area contributed by atoms with E-state index in [0.29, 0.717) is 12.8 Å². The van der Waals surface area contributed by atoms with E-state index in [2.05, 4.69) is 5.32 Å². The Labute approximate surface area is 85.4 Å². The fourth-order valence-electron chi connectivity index (χ4n) is 2.85. The summed E-state index contributed by atoms with van der Waals surface area (Å²) in [5.74, 6) is 0. The van der Waals surface area contributed by atoms with Crippen LogP contribution in [-0.4, -0.2) is 24.3 Å². The molecule has 0 bridgehead atoms. The number of nitrogens with one attached hydrogen (secondary N) is 1. The molecule has 0 aromatic heterocycles. The van der Waals surface area contributed by atoms with Crippen molar-refractivity contribution < 1.29 is 4.39 Å². The number of alkyl halides is 1. The van der Waals surface area contributed by atoms with Gasteiger partial charge in [0.25, 0.3) is 0 Å². The van der Waals surface area contributed by atoms with Gasteiger partial charge in [-0.1, -0.05) is 12.8 Å². The Morgan fingerprint density at radius 2 is 2.07 bits per heavy atom. The highest BCUT2D eigenvalue weighted by molar-refractivity contribution is 5.00. The molecule has 2 rings (SSSR count). The quantitative estimate of drug-likeness (QED) is 0.676. The van der Waals surface area contributed by atoms with Crippen molar-refractivity contribution in [3.8, 4) is 0 Å². The molecule has 0 radical (unpaired) electrons. The molecule has 1 saturated carbocycles. The summed E-state index contributed by atoms with van der Waals surface area (Å²) in [6.45, 7) is 0.978. The number of rotatable bonds is 1. The minimum absolute atomic E-state index is 0.0681. The Kier molecular flexibility index (Phi) is 3.07. The number of halogens is 1.